The van der Waals surface area contributed by atoms with E-state index in [4.69, 9.17) is 5.73 Å². The molecule has 6 heteroatoms. The number of nitrogens with zero attached hydrogens (tertiary/aromatic N) is 2. The maximum atomic E-state index is 12.1. The van der Waals surface area contributed by atoms with E-state index in [1.807, 2.05) is 0 Å². The van der Waals surface area contributed by atoms with Crippen LogP contribution in [-0.2, 0) is 0 Å². The van der Waals surface area contributed by atoms with E-state index in [1.54, 1.807) is 12.4 Å². The highest BCUT2D eigenvalue weighted by molar-refractivity contribution is 7.21. The largest absolute Gasteiger partial charge is 0.396 e. The lowest BCUT2D eigenvalue weighted by molar-refractivity contribution is 0.0951. The number of carbonyl (C=O) groups is 1. The minimum atomic E-state index is -0.120. The first kappa shape index (κ1) is 11.4. The van der Waals surface area contributed by atoms with E-state index in [0.29, 0.717) is 27.5 Å². The van der Waals surface area contributed by atoms with Gasteiger partial charge in [0.05, 0.1) is 5.69 Å². The lowest BCUT2D eigenvalue weighted by Gasteiger charge is -2.09. The zero-order valence-electron chi connectivity index (χ0n) is 10.1. The zero-order valence-corrected chi connectivity index (χ0v) is 10.9. The van der Waals surface area contributed by atoms with Crippen molar-refractivity contribution >= 4 is 33.3 Å². The van der Waals surface area contributed by atoms with Gasteiger partial charge in [-0.05, 0) is 18.3 Å². The second kappa shape index (κ2) is 3.91. The number of hydrogen-bond donors (Lipinski definition) is 2. The molecule has 3 rings (SSSR count). The van der Waals surface area contributed by atoms with Gasteiger partial charge in [-0.3, -0.25) is 4.79 Å². The third-order valence-corrected chi connectivity index (χ3v) is 4.45. The normalized spacial score (nSPS) is 16.7. The van der Waals surface area contributed by atoms with Crippen LogP contribution < -0.4 is 11.1 Å². The van der Waals surface area contributed by atoms with Crippen LogP contribution in [0.5, 0.6) is 0 Å². The van der Waals surface area contributed by atoms with Gasteiger partial charge in [0.15, 0.2) is 0 Å². The molecule has 0 aromatic carbocycles. The molecule has 0 radical (unpaired) electrons. The van der Waals surface area contributed by atoms with Crippen molar-refractivity contribution in [1.29, 1.82) is 0 Å². The first-order chi connectivity index (χ1) is 8.59. The van der Waals surface area contributed by atoms with Crippen LogP contribution in [0.4, 0.5) is 5.69 Å². The number of nitrogens with one attached hydrogen (secondary N) is 1. The Labute approximate surface area is 108 Å². The summed E-state index contributed by atoms with van der Waals surface area (Å²) in [5, 5.41) is 2.94. The maximum Gasteiger partial charge on any atom is 0.263 e. The summed E-state index contributed by atoms with van der Waals surface area (Å²) in [4.78, 5) is 21.6. The van der Waals surface area contributed by atoms with Crippen molar-refractivity contribution in [2.75, 3.05) is 12.3 Å². The van der Waals surface area contributed by atoms with E-state index >= 15 is 0 Å². The number of aromatic nitrogens is 2. The lowest BCUT2D eigenvalue weighted by atomic mass is 10.1. The monoisotopic (exact) mass is 262 g/mol. The number of fused-ring (bicyclic) bond motifs is 1. The van der Waals surface area contributed by atoms with Crippen LogP contribution in [0.25, 0.3) is 10.3 Å². The molecule has 0 aliphatic heterocycles. The maximum absolute atomic E-state index is 12.1. The van der Waals surface area contributed by atoms with E-state index in [9.17, 15) is 4.79 Å². The van der Waals surface area contributed by atoms with Crippen molar-refractivity contribution in [2.24, 2.45) is 5.41 Å². The summed E-state index contributed by atoms with van der Waals surface area (Å²) < 4.78 is 0. The summed E-state index contributed by atoms with van der Waals surface area (Å²) in [5.74, 6) is -0.120. The minimum Gasteiger partial charge on any atom is -0.396 e. The summed E-state index contributed by atoms with van der Waals surface area (Å²) >= 11 is 1.29. The van der Waals surface area contributed by atoms with Gasteiger partial charge in [-0.15, -0.1) is 11.3 Å². The molecule has 1 aliphatic carbocycles. The van der Waals surface area contributed by atoms with Crippen LogP contribution in [0.2, 0.25) is 0 Å². The number of hydrogen-bond acceptors (Lipinski definition) is 5. The van der Waals surface area contributed by atoms with Gasteiger partial charge in [0.1, 0.15) is 15.2 Å². The van der Waals surface area contributed by atoms with Crippen LogP contribution in [0.15, 0.2) is 12.4 Å². The summed E-state index contributed by atoms with van der Waals surface area (Å²) in [6, 6.07) is 0. The number of nitrogen functional groups attached to an aromatic ring is 1. The molecule has 2 aromatic rings. The zero-order chi connectivity index (χ0) is 12.8. The fourth-order valence-corrected chi connectivity index (χ4v) is 2.71. The van der Waals surface area contributed by atoms with Crippen LogP contribution in [-0.4, -0.2) is 22.4 Å². The summed E-state index contributed by atoms with van der Waals surface area (Å²) in [7, 11) is 0. The molecule has 0 bridgehead atoms. The SMILES string of the molecule is CC1(CNC(=O)c2sc3nccnc3c2N)CC1. The molecule has 0 unspecified atom stereocenters. The molecule has 1 saturated carbocycles. The predicted octanol–water partition coefficient (Wildman–Crippen LogP) is 1.80. The Morgan fingerprint density at radius 3 is 2.89 bits per heavy atom. The quantitative estimate of drug-likeness (QED) is 0.883. The minimum absolute atomic E-state index is 0.120. The second-order valence-electron chi connectivity index (χ2n) is 5.05. The van der Waals surface area contributed by atoms with Crippen LogP contribution in [0.3, 0.4) is 0 Å². The van der Waals surface area contributed by atoms with Crippen molar-refractivity contribution < 1.29 is 4.79 Å². The van der Waals surface area contributed by atoms with Crippen molar-refractivity contribution in [2.45, 2.75) is 19.8 Å². The molecule has 18 heavy (non-hydrogen) atoms. The average Bonchev–Trinajstić information content (AvgIpc) is 3.02. The number of carbonyl (C=O) groups excluding carboxylic acids is 1. The molecule has 94 valence electrons. The first-order valence-electron chi connectivity index (χ1n) is 5.86. The molecule has 5 nitrogen and oxygen atoms in total. The average molecular weight is 262 g/mol. The van der Waals surface area contributed by atoms with Gasteiger partial charge in [-0.25, -0.2) is 9.97 Å². The highest BCUT2D eigenvalue weighted by atomic mass is 32.1. The van der Waals surface area contributed by atoms with Crippen molar-refractivity contribution in [3.8, 4) is 0 Å². The first-order valence-corrected chi connectivity index (χ1v) is 6.68. The van der Waals surface area contributed by atoms with Crippen LogP contribution in [0, 0.1) is 5.41 Å². The van der Waals surface area contributed by atoms with Crippen molar-refractivity contribution in [3.05, 3.63) is 17.3 Å². The van der Waals surface area contributed by atoms with Gasteiger partial charge in [-0.2, -0.15) is 0 Å². The topological polar surface area (TPSA) is 80.9 Å². The Morgan fingerprint density at radius 2 is 2.22 bits per heavy atom. The van der Waals surface area contributed by atoms with Gasteiger partial charge in [0, 0.05) is 18.9 Å². The fraction of sp³-hybridized carbons (Fsp3) is 0.417. The number of thiophene rings is 1. The van der Waals surface area contributed by atoms with E-state index in [-0.39, 0.29) is 11.3 Å². The van der Waals surface area contributed by atoms with E-state index in [2.05, 4.69) is 22.2 Å². The number of rotatable bonds is 3. The molecular weight excluding hydrogens is 248 g/mol. The van der Waals surface area contributed by atoms with E-state index < -0.39 is 0 Å². The number of anilines is 1. The Balaban J connectivity index is 1.84. The van der Waals surface area contributed by atoms with Crippen molar-refractivity contribution in [3.63, 3.8) is 0 Å². The molecule has 0 atom stereocenters. The molecule has 2 heterocycles. The molecule has 1 fully saturated rings. The molecular formula is C12H14N4OS. The summed E-state index contributed by atoms with van der Waals surface area (Å²) in [5.41, 5.74) is 7.28. The van der Waals surface area contributed by atoms with Gasteiger partial charge in [0.2, 0.25) is 0 Å². The van der Waals surface area contributed by atoms with E-state index in [0.717, 1.165) is 0 Å². The second-order valence-corrected chi connectivity index (χ2v) is 6.05. The predicted molar refractivity (Wildman–Crippen MR) is 71.5 cm³/mol. The Bertz CT molecular complexity index is 618. The number of amides is 1. The number of nitrogens with two attached hydrogens (primary N) is 1. The highest BCUT2D eigenvalue weighted by Crippen LogP contribution is 2.44. The van der Waals surface area contributed by atoms with Crippen molar-refractivity contribution in [1.82, 2.24) is 15.3 Å². The molecule has 1 aliphatic rings. The van der Waals surface area contributed by atoms with Gasteiger partial charge in [0.25, 0.3) is 5.91 Å². The summed E-state index contributed by atoms with van der Waals surface area (Å²) in [6.07, 6.45) is 5.54. The van der Waals surface area contributed by atoms with Gasteiger partial charge >= 0.3 is 0 Å². The highest BCUT2D eigenvalue weighted by Gasteiger charge is 2.37. The third kappa shape index (κ3) is 1.92. The molecule has 0 saturated heterocycles. The Morgan fingerprint density at radius 1 is 1.50 bits per heavy atom. The Hall–Kier alpha value is -1.69. The summed E-state index contributed by atoms with van der Waals surface area (Å²) in [6.45, 7) is 2.88. The lowest BCUT2D eigenvalue weighted by Crippen LogP contribution is -2.28. The molecule has 1 amide bonds. The van der Waals surface area contributed by atoms with Gasteiger partial charge < -0.3 is 11.1 Å². The van der Waals surface area contributed by atoms with Crippen LogP contribution in [0.1, 0.15) is 29.4 Å². The molecule has 3 N–H and O–H groups in total. The van der Waals surface area contributed by atoms with E-state index in [1.165, 1.54) is 24.2 Å². The standard InChI is InChI=1S/C12H14N4OS/c1-12(2-3-12)6-16-10(17)9-7(13)8-11(18-9)15-5-4-14-8/h4-5H,2-3,6,13H2,1H3,(H,16,17). The molecule has 0 spiro atoms. The third-order valence-electron chi connectivity index (χ3n) is 3.35. The molecule has 2 aromatic heterocycles. The fourth-order valence-electron chi connectivity index (χ4n) is 1.78. The van der Waals surface area contributed by atoms with Crippen LogP contribution >= 0.6 is 11.3 Å². The smallest absolute Gasteiger partial charge is 0.263 e. The van der Waals surface area contributed by atoms with Gasteiger partial charge in [-0.1, -0.05) is 6.92 Å². The Kier molecular flexibility index (Phi) is 2.48.